The fourth-order valence-electron chi connectivity index (χ4n) is 3.79. The molecule has 3 aromatic carbocycles. The number of para-hydroxylation sites is 1. The second-order valence-electron chi connectivity index (χ2n) is 8.49. The normalized spacial score (nSPS) is 18.2. The largest absolute Gasteiger partial charge is 0.498 e. The van der Waals surface area contributed by atoms with Crippen molar-refractivity contribution >= 4 is 34.5 Å². The second-order valence-corrected chi connectivity index (χ2v) is 8.49. The van der Waals surface area contributed by atoms with Gasteiger partial charge in [0.2, 0.25) is 0 Å². The first-order chi connectivity index (χ1) is 13.4. The van der Waals surface area contributed by atoms with Crippen molar-refractivity contribution in [1.82, 2.24) is 0 Å². The number of furan rings is 1. The van der Waals surface area contributed by atoms with Crippen LogP contribution in [0.15, 0.2) is 71.1 Å². The molecule has 2 heterocycles. The highest BCUT2D eigenvalue weighted by atomic mass is 16.7. The summed E-state index contributed by atoms with van der Waals surface area (Å²) in [5, 5.41) is 2.19. The molecule has 1 aliphatic rings. The fraction of sp³-hybridized carbons (Fsp3) is 0.250. The summed E-state index contributed by atoms with van der Waals surface area (Å²) in [6.07, 6.45) is 0. The summed E-state index contributed by atoms with van der Waals surface area (Å²) in [5.74, 6) is 0. The summed E-state index contributed by atoms with van der Waals surface area (Å²) in [5.41, 5.74) is 4.20. The first-order valence-corrected chi connectivity index (χ1v) is 9.72. The zero-order chi connectivity index (χ0) is 19.5. The molecule has 0 radical (unpaired) electrons. The second kappa shape index (κ2) is 5.97. The molecule has 0 unspecified atom stereocenters. The van der Waals surface area contributed by atoms with Crippen molar-refractivity contribution in [1.29, 1.82) is 0 Å². The molecule has 0 bridgehead atoms. The van der Waals surface area contributed by atoms with Crippen LogP contribution >= 0.6 is 0 Å². The molecular weight excluding hydrogens is 347 g/mol. The quantitative estimate of drug-likeness (QED) is 0.434. The summed E-state index contributed by atoms with van der Waals surface area (Å²) in [4.78, 5) is 0. The SMILES string of the molecule is CC1(C)OB(c2cccc3c2oc2cc(-c4ccccc4)ccc23)OC1(C)C. The molecule has 1 aromatic heterocycles. The molecular formula is C24H23BO3. The third-order valence-corrected chi connectivity index (χ3v) is 6.14. The van der Waals surface area contributed by atoms with Gasteiger partial charge in [0, 0.05) is 16.2 Å². The number of rotatable bonds is 2. The molecule has 5 rings (SSSR count). The molecule has 4 heteroatoms. The maximum absolute atomic E-state index is 6.33. The number of hydrogen-bond acceptors (Lipinski definition) is 3. The summed E-state index contributed by atoms with van der Waals surface area (Å²) < 4.78 is 18.9. The Balaban J connectivity index is 1.65. The van der Waals surface area contributed by atoms with Crippen LogP contribution in [0.1, 0.15) is 27.7 Å². The third kappa shape index (κ3) is 2.60. The van der Waals surface area contributed by atoms with Gasteiger partial charge in [-0.15, -0.1) is 0 Å². The Morgan fingerprint density at radius 1 is 0.679 bits per heavy atom. The van der Waals surface area contributed by atoms with E-state index in [0.717, 1.165) is 33.0 Å². The van der Waals surface area contributed by atoms with Crippen LogP contribution in [0, 0.1) is 0 Å². The minimum Gasteiger partial charge on any atom is -0.456 e. The van der Waals surface area contributed by atoms with E-state index in [0.29, 0.717) is 0 Å². The Kier molecular flexibility index (Phi) is 3.74. The molecule has 0 spiro atoms. The maximum Gasteiger partial charge on any atom is 0.498 e. The van der Waals surface area contributed by atoms with Crippen LogP contribution in [0.4, 0.5) is 0 Å². The van der Waals surface area contributed by atoms with Crippen molar-refractivity contribution in [3.05, 3.63) is 66.7 Å². The highest BCUT2D eigenvalue weighted by molar-refractivity contribution is 6.65. The number of hydrogen-bond donors (Lipinski definition) is 0. The predicted octanol–water partition coefficient (Wildman–Crippen LogP) is 5.55. The first kappa shape index (κ1) is 17.5. The van der Waals surface area contributed by atoms with E-state index in [1.54, 1.807) is 0 Å². The summed E-state index contributed by atoms with van der Waals surface area (Å²) in [6, 6.07) is 22.9. The zero-order valence-electron chi connectivity index (χ0n) is 16.7. The molecule has 28 heavy (non-hydrogen) atoms. The lowest BCUT2D eigenvalue weighted by Crippen LogP contribution is -2.41. The lowest BCUT2D eigenvalue weighted by atomic mass is 9.78. The Morgan fingerprint density at radius 2 is 1.39 bits per heavy atom. The van der Waals surface area contributed by atoms with Gasteiger partial charge < -0.3 is 13.7 Å². The zero-order valence-corrected chi connectivity index (χ0v) is 16.7. The average molecular weight is 370 g/mol. The molecule has 0 aliphatic carbocycles. The van der Waals surface area contributed by atoms with E-state index in [9.17, 15) is 0 Å². The molecule has 1 saturated heterocycles. The topological polar surface area (TPSA) is 31.6 Å². The molecule has 140 valence electrons. The van der Waals surface area contributed by atoms with Crippen LogP contribution in [0.2, 0.25) is 0 Å². The molecule has 1 fully saturated rings. The molecule has 3 nitrogen and oxygen atoms in total. The smallest absolute Gasteiger partial charge is 0.456 e. The molecule has 0 atom stereocenters. The minimum absolute atomic E-state index is 0.383. The van der Waals surface area contributed by atoms with Crippen molar-refractivity contribution in [3.63, 3.8) is 0 Å². The Morgan fingerprint density at radius 3 is 2.11 bits per heavy atom. The van der Waals surface area contributed by atoms with Crippen molar-refractivity contribution < 1.29 is 13.7 Å². The molecule has 1 aliphatic heterocycles. The summed E-state index contributed by atoms with van der Waals surface area (Å²) >= 11 is 0. The van der Waals surface area contributed by atoms with Crippen LogP contribution in [0.5, 0.6) is 0 Å². The van der Waals surface area contributed by atoms with Gasteiger partial charge in [0.05, 0.1) is 11.2 Å². The van der Waals surface area contributed by atoms with E-state index < -0.39 is 7.12 Å². The number of fused-ring (bicyclic) bond motifs is 3. The van der Waals surface area contributed by atoms with E-state index >= 15 is 0 Å². The van der Waals surface area contributed by atoms with Gasteiger partial charge in [-0.25, -0.2) is 0 Å². The third-order valence-electron chi connectivity index (χ3n) is 6.14. The van der Waals surface area contributed by atoms with Crippen molar-refractivity contribution in [3.8, 4) is 11.1 Å². The van der Waals surface area contributed by atoms with Gasteiger partial charge in [-0.1, -0.05) is 54.6 Å². The Bertz CT molecular complexity index is 1160. The van der Waals surface area contributed by atoms with Gasteiger partial charge in [0.15, 0.2) is 0 Å². The highest BCUT2D eigenvalue weighted by Gasteiger charge is 2.52. The van der Waals surface area contributed by atoms with Crippen molar-refractivity contribution in [2.45, 2.75) is 38.9 Å². The van der Waals surface area contributed by atoms with Crippen LogP contribution < -0.4 is 5.46 Å². The summed E-state index contributed by atoms with van der Waals surface area (Å²) in [6.45, 7) is 8.27. The van der Waals surface area contributed by atoms with E-state index in [4.69, 9.17) is 13.7 Å². The van der Waals surface area contributed by atoms with E-state index in [2.05, 4.69) is 76.2 Å². The van der Waals surface area contributed by atoms with Gasteiger partial charge in [-0.2, -0.15) is 0 Å². The first-order valence-electron chi connectivity index (χ1n) is 9.72. The fourth-order valence-corrected chi connectivity index (χ4v) is 3.79. The maximum atomic E-state index is 6.33. The van der Waals surface area contributed by atoms with Gasteiger partial charge in [-0.05, 0) is 51.0 Å². The van der Waals surface area contributed by atoms with Gasteiger partial charge in [-0.3, -0.25) is 0 Å². The van der Waals surface area contributed by atoms with Gasteiger partial charge in [0.25, 0.3) is 0 Å². The van der Waals surface area contributed by atoms with Crippen LogP contribution in [-0.4, -0.2) is 18.3 Å². The molecule has 0 amide bonds. The number of benzene rings is 3. The van der Waals surface area contributed by atoms with E-state index in [-0.39, 0.29) is 11.2 Å². The van der Waals surface area contributed by atoms with E-state index in [1.165, 1.54) is 5.56 Å². The lowest BCUT2D eigenvalue weighted by Gasteiger charge is -2.32. The standard InChI is InChI=1S/C24H23BO3/c1-23(2)24(3,4)28-25(27-23)20-12-8-11-19-18-14-13-17(15-21(18)26-22(19)20)16-9-6-5-7-10-16/h5-15H,1-4H3. The predicted molar refractivity (Wildman–Crippen MR) is 115 cm³/mol. The molecule has 0 N–H and O–H groups in total. The van der Waals surface area contributed by atoms with Gasteiger partial charge in [0.1, 0.15) is 11.2 Å². The summed E-state index contributed by atoms with van der Waals surface area (Å²) in [7, 11) is -0.442. The van der Waals surface area contributed by atoms with E-state index in [1.807, 2.05) is 18.2 Å². The monoisotopic (exact) mass is 370 g/mol. The highest BCUT2D eigenvalue weighted by Crippen LogP contribution is 2.38. The van der Waals surface area contributed by atoms with Crippen molar-refractivity contribution in [2.75, 3.05) is 0 Å². The van der Waals surface area contributed by atoms with Crippen LogP contribution in [0.3, 0.4) is 0 Å². The Labute approximate surface area is 165 Å². The average Bonchev–Trinajstić information content (AvgIpc) is 3.15. The Hall–Kier alpha value is -2.56. The van der Waals surface area contributed by atoms with Crippen LogP contribution in [-0.2, 0) is 9.31 Å². The van der Waals surface area contributed by atoms with Crippen LogP contribution in [0.25, 0.3) is 33.1 Å². The van der Waals surface area contributed by atoms with Crippen molar-refractivity contribution in [2.24, 2.45) is 0 Å². The lowest BCUT2D eigenvalue weighted by molar-refractivity contribution is 0.00578. The minimum atomic E-state index is -0.442. The molecule has 4 aromatic rings. The van der Waals surface area contributed by atoms with Gasteiger partial charge >= 0.3 is 7.12 Å². The molecule has 0 saturated carbocycles.